The summed E-state index contributed by atoms with van der Waals surface area (Å²) >= 11 is 1.78. The molecule has 1 fully saturated rings. The summed E-state index contributed by atoms with van der Waals surface area (Å²) < 4.78 is 7.73. The zero-order valence-corrected chi connectivity index (χ0v) is 19.9. The summed E-state index contributed by atoms with van der Waals surface area (Å²) in [7, 11) is 1.73. The molecule has 0 unspecified atom stereocenters. The van der Waals surface area contributed by atoms with Crippen LogP contribution in [0.2, 0.25) is 0 Å². The van der Waals surface area contributed by atoms with Crippen molar-refractivity contribution in [3.8, 4) is 0 Å². The summed E-state index contributed by atoms with van der Waals surface area (Å²) in [5.74, 6) is 0.534. The maximum atomic E-state index is 12.4. The van der Waals surface area contributed by atoms with Gasteiger partial charge in [-0.2, -0.15) is 0 Å². The number of primary amides is 1. The van der Waals surface area contributed by atoms with Gasteiger partial charge in [-0.05, 0) is 82.7 Å². The van der Waals surface area contributed by atoms with Crippen LogP contribution < -0.4 is 16.4 Å². The quantitative estimate of drug-likeness (QED) is 0.664. The van der Waals surface area contributed by atoms with E-state index in [-0.39, 0.29) is 6.09 Å². The van der Waals surface area contributed by atoms with E-state index in [0.29, 0.717) is 12.8 Å². The van der Waals surface area contributed by atoms with Gasteiger partial charge in [0.1, 0.15) is 5.60 Å². The van der Waals surface area contributed by atoms with Crippen molar-refractivity contribution < 1.29 is 14.3 Å². The second-order valence-corrected chi connectivity index (χ2v) is 10.3. The zero-order chi connectivity index (χ0) is 22.7. The lowest BCUT2D eigenvalue weighted by atomic mass is 9.89. The molecule has 4 N–H and O–H groups in total. The van der Waals surface area contributed by atoms with E-state index in [4.69, 9.17) is 16.2 Å². The summed E-state index contributed by atoms with van der Waals surface area (Å²) in [6.45, 7) is 11.3. The second-order valence-electron chi connectivity index (χ2n) is 9.13. The van der Waals surface area contributed by atoms with E-state index in [9.17, 15) is 9.59 Å². The Morgan fingerprint density at radius 3 is 2.20 bits per heavy atom. The molecule has 7 nitrogen and oxygen atoms in total. The Morgan fingerprint density at radius 1 is 1.20 bits per heavy atom. The van der Waals surface area contributed by atoms with Crippen molar-refractivity contribution in [2.45, 2.75) is 65.0 Å². The van der Waals surface area contributed by atoms with E-state index in [1.165, 1.54) is 5.56 Å². The van der Waals surface area contributed by atoms with Gasteiger partial charge in [0.25, 0.3) is 0 Å². The molecule has 1 aliphatic rings. The maximum absolute atomic E-state index is 12.4. The third kappa shape index (κ3) is 6.36. The van der Waals surface area contributed by atoms with E-state index in [1.807, 2.05) is 32.9 Å². The predicted molar refractivity (Wildman–Crippen MR) is 124 cm³/mol. The summed E-state index contributed by atoms with van der Waals surface area (Å²) in [5, 5.41) is 0. The van der Waals surface area contributed by atoms with Crippen LogP contribution in [0.5, 0.6) is 0 Å². The summed E-state index contributed by atoms with van der Waals surface area (Å²) in [4.78, 5) is 25.4. The van der Waals surface area contributed by atoms with Gasteiger partial charge in [-0.1, -0.05) is 11.9 Å². The number of aryl methyl sites for hydroxylation is 2. The largest absolute Gasteiger partial charge is 0.443 e. The Morgan fingerprint density at radius 2 is 1.73 bits per heavy atom. The van der Waals surface area contributed by atoms with Gasteiger partial charge in [-0.25, -0.2) is 4.79 Å². The lowest BCUT2D eigenvalue weighted by Crippen LogP contribution is -2.57. The SMILES string of the molecule is Cc1cc(N(C)C(=O)OC(C)(C)C)cc(C)c1CCSN1CCC(N)(C(N)=O)CC1. The molecular weight excluding hydrogens is 400 g/mol. The molecule has 0 aromatic heterocycles. The number of anilines is 1. The Balaban J connectivity index is 1.93. The number of nitrogens with zero attached hydrogens (tertiary/aromatic N) is 2. The molecule has 0 spiro atoms. The van der Waals surface area contributed by atoms with Gasteiger partial charge in [-0.15, -0.1) is 0 Å². The van der Waals surface area contributed by atoms with Crippen LogP contribution in [0.25, 0.3) is 0 Å². The van der Waals surface area contributed by atoms with Gasteiger partial charge in [-0.3, -0.25) is 14.0 Å². The highest BCUT2D eigenvalue weighted by Crippen LogP contribution is 2.28. The van der Waals surface area contributed by atoms with Crippen LogP contribution in [0.4, 0.5) is 10.5 Å². The smallest absolute Gasteiger partial charge is 0.414 e. The molecule has 0 atom stereocenters. The lowest BCUT2D eigenvalue weighted by Gasteiger charge is -2.36. The van der Waals surface area contributed by atoms with Crippen molar-refractivity contribution >= 4 is 29.6 Å². The minimum atomic E-state index is -0.861. The highest BCUT2D eigenvalue weighted by Gasteiger charge is 2.36. The van der Waals surface area contributed by atoms with Crippen LogP contribution in [-0.4, -0.2) is 53.3 Å². The van der Waals surface area contributed by atoms with Crippen LogP contribution >= 0.6 is 11.9 Å². The van der Waals surface area contributed by atoms with Crippen molar-refractivity contribution in [1.82, 2.24) is 4.31 Å². The van der Waals surface area contributed by atoms with E-state index >= 15 is 0 Å². The Kier molecular flexibility index (Phi) is 7.82. The second kappa shape index (κ2) is 9.58. The van der Waals surface area contributed by atoms with E-state index in [0.717, 1.165) is 42.1 Å². The van der Waals surface area contributed by atoms with Crippen LogP contribution in [0.1, 0.15) is 50.3 Å². The number of amides is 2. The van der Waals surface area contributed by atoms with E-state index in [2.05, 4.69) is 18.2 Å². The van der Waals surface area contributed by atoms with Crippen molar-refractivity contribution in [3.05, 3.63) is 28.8 Å². The lowest BCUT2D eigenvalue weighted by molar-refractivity contribution is -0.124. The molecule has 0 aliphatic carbocycles. The van der Waals surface area contributed by atoms with E-state index < -0.39 is 17.0 Å². The first-order valence-corrected chi connectivity index (χ1v) is 11.3. The molecule has 1 aliphatic heterocycles. The third-order valence-electron chi connectivity index (χ3n) is 5.47. The molecule has 0 radical (unpaired) electrons. The molecule has 168 valence electrons. The predicted octanol–water partition coefficient (Wildman–Crippen LogP) is 3.14. The van der Waals surface area contributed by atoms with Gasteiger partial charge in [0.05, 0.1) is 5.54 Å². The van der Waals surface area contributed by atoms with Crippen molar-refractivity contribution in [1.29, 1.82) is 0 Å². The number of carbonyl (C=O) groups excluding carboxylic acids is 2. The number of nitrogens with two attached hydrogens (primary N) is 2. The third-order valence-corrected chi connectivity index (χ3v) is 6.58. The molecule has 1 saturated heterocycles. The molecule has 2 amide bonds. The van der Waals surface area contributed by atoms with Gasteiger partial charge in [0, 0.05) is 31.6 Å². The summed E-state index contributed by atoms with van der Waals surface area (Å²) in [6, 6.07) is 4.07. The number of hydrogen-bond donors (Lipinski definition) is 2. The summed E-state index contributed by atoms with van der Waals surface area (Å²) in [5.41, 5.74) is 14.6. The highest BCUT2D eigenvalue weighted by atomic mass is 32.2. The average Bonchev–Trinajstić information content (AvgIpc) is 2.63. The minimum Gasteiger partial charge on any atom is -0.443 e. The van der Waals surface area contributed by atoms with Gasteiger partial charge < -0.3 is 16.2 Å². The number of rotatable bonds is 6. The molecule has 1 heterocycles. The van der Waals surface area contributed by atoms with Crippen LogP contribution in [0.15, 0.2) is 12.1 Å². The van der Waals surface area contributed by atoms with Gasteiger partial charge in [0.15, 0.2) is 0 Å². The highest BCUT2D eigenvalue weighted by molar-refractivity contribution is 7.97. The molecule has 2 rings (SSSR count). The average molecular weight is 437 g/mol. The minimum absolute atomic E-state index is 0.360. The van der Waals surface area contributed by atoms with Crippen molar-refractivity contribution in [3.63, 3.8) is 0 Å². The monoisotopic (exact) mass is 436 g/mol. The molecular formula is C22H36N4O3S. The number of benzene rings is 1. The van der Waals surface area contributed by atoms with Gasteiger partial charge >= 0.3 is 6.09 Å². The first-order chi connectivity index (χ1) is 13.8. The standard InChI is InChI=1S/C22H36N4O3S/c1-15-13-17(25(6)20(28)29-21(3,4)5)14-16(2)18(15)7-12-30-26-10-8-22(24,9-11-26)19(23)27/h13-14H,7-12,24H2,1-6H3,(H2,23,27). The Bertz CT molecular complexity index is 760. The molecule has 0 bridgehead atoms. The van der Waals surface area contributed by atoms with Crippen LogP contribution in [-0.2, 0) is 16.0 Å². The van der Waals surface area contributed by atoms with Crippen molar-refractivity contribution in [2.75, 3.05) is 30.8 Å². The topological polar surface area (TPSA) is 102 Å². The number of hydrogen-bond acceptors (Lipinski definition) is 6. The van der Waals surface area contributed by atoms with Crippen LogP contribution in [0.3, 0.4) is 0 Å². The van der Waals surface area contributed by atoms with Crippen LogP contribution in [0, 0.1) is 13.8 Å². The molecule has 1 aromatic carbocycles. The van der Waals surface area contributed by atoms with Gasteiger partial charge in [0.2, 0.25) is 5.91 Å². The number of ether oxygens (including phenoxy) is 1. The molecule has 0 saturated carbocycles. The Hall–Kier alpha value is -1.77. The van der Waals surface area contributed by atoms with Crippen molar-refractivity contribution in [2.24, 2.45) is 11.5 Å². The molecule has 1 aromatic rings. The molecule has 8 heteroatoms. The fraction of sp³-hybridized carbons (Fsp3) is 0.636. The Labute approximate surface area is 184 Å². The molecule has 30 heavy (non-hydrogen) atoms. The maximum Gasteiger partial charge on any atom is 0.414 e. The fourth-order valence-electron chi connectivity index (χ4n) is 3.53. The van der Waals surface area contributed by atoms with E-state index in [1.54, 1.807) is 23.9 Å². The number of carbonyl (C=O) groups is 2. The first-order valence-electron chi connectivity index (χ1n) is 10.4. The summed E-state index contributed by atoms with van der Waals surface area (Å²) in [6.07, 6.45) is 1.76. The zero-order valence-electron chi connectivity index (χ0n) is 19.1. The number of piperidine rings is 1. The normalized spacial score (nSPS) is 16.9. The first kappa shape index (κ1) is 24.5. The fourth-order valence-corrected chi connectivity index (χ4v) is 4.53.